The van der Waals surface area contributed by atoms with E-state index in [1.165, 1.54) is 6.07 Å². The van der Waals surface area contributed by atoms with Gasteiger partial charge in [-0.3, -0.25) is 4.79 Å². The minimum Gasteiger partial charge on any atom is -0.369 e. The maximum absolute atomic E-state index is 13.2. The fourth-order valence-electron chi connectivity index (χ4n) is 1.10. The molecule has 0 aliphatic carbocycles. The van der Waals surface area contributed by atoms with Crippen LogP contribution in [0.5, 0.6) is 0 Å². The zero-order chi connectivity index (χ0) is 10.1. The van der Waals surface area contributed by atoms with Gasteiger partial charge in [-0.25, -0.2) is 4.39 Å². The second-order valence-corrected chi connectivity index (χ2v) is 3.47. The number of halogens is 2. The first-order valence-corrected chi connectivity index (χ1v) is 4.01. The number of hydrogen-bond acceptors (Lipinski definition) is 1. The summed E-state index contributed by atoms with van der Waals surface area (Å²) in [5.74, 6) is -0.927. The van der Waals surface area contributed by atoms with Crippen molar-refractivity contribution >= 4 is 18.3 Å². The van der Waals surface area contributed by atoms with E-state index in [-0.39, 0.29) is 12.4 Å². The number of hydrogen-bond donors (Lipinski definition) is 1. The van der Waals surface area contributed by atoms with E-state index in [2.05, 4.69) is 0 Å². The van der Waals surface area contributed by atoms with Crippen LogP contribution in [0.15, 0.2) is 24.3 Å². The van der Waals surface area contributed by atoms with E-state index in [1.54, 1.807) is 32.0 Å². The molecule has 2 nitrogen and oxygen atoms in total. The molecule has 1 aromatic carbocycles. The predicted octanol–water partition coefficient (Wildman–Crippen LogP) is 2.01. The maximum Gasteiger partial charge on any atom is 0.227 e. The largest absolute Gasteiger partial charge is 0.369 e. The molecule has 78 valence electrons. The van der Waals surface area contributed by atoms with E-state index < -0.39 is 17.1 Å². The summed E-state index contributed by atoms with van der Waals surface area (Å²) < 4.78 is 13.2. The Bertz CT molecular complexity index is 339. The molecular formula is C10H13ClFNO. The number of primary amides is 1. The first kappa shape index (κ1) is 12.9. The molecule has 0 fully saturated rings. The Labute approximate surface area is 88.7 Å². The normalized spacial score (nSPS) is 10.5. The second-order valence-electron chi connectivity index (χ2n) is 3.47. The van der Waals surface area contributed by atoms with E-state index in [1.807, 2.05) is 0 Å². The summed E-state index contributed by atoms with van der Waals surface area (Å²) in [7, 11) is 0. The van der Waals surface area contributed by atoms with Crippen molar-refractivity contribution in [1.82, 2.24) is 0 Å². The monoisotopic (exact) mass is 217 g/mol. The van der Waals surface area contributed by atoms with Crippen molar-refractivity contribution in [2.45, 2.75) is 19.3 Å². The van der Waals surface area contributed by atoms with Gasteiger partial charge in [0.2, 0.25) is 5.91 Å². The van der Waals surface area contributed by atoms with E-state index in [0.717, 1.165) is 0 Å². The van der Waals surface area contributed by atoms with Gasteiger partial charge in [-0.05, 0) is 19.9 Å². The molecule has 0 saturated carbocycles. The Kier molecular flexibility index (Phi) is 4.08. The van der Waals surface area contributed by atoms with Crippen LogP contribution >= 0.6 is 12.4 Å². The van der Waals surface area contributed by atoms with Crippen molar-refractivity contribution in [3.8, 4) is 0 Å². The quantitative estimate of drug-likeness (QED) is 0.809. The molecule has 0 atom stereocenters. The highest BCUT2D eigenvalue weighted by molar-refractivity contribution is 5.86. The fraction of sp³-hybridized carbons (Fsp3) is 0.300. The topological polar surface area (TPSA) is 43.1 Å². The molecule has 0 heterocycles. The molecule has 0 saturated heterocycles. The molecule has 0 aromatic heterocycles. The smallest absolute Gasteiger partial charge is 0.227 e. The molecule has 14 heavy (non-hydrogen) atoms. The zero-order valence-electron chi connectivity index (χ0n) is 8.08. The van der Waals surface area contributed by atoms with Gasteiger partial charge in [-0.15, -0.1) is 12.4 Å². The molecule has 0 spiro atoms. The van der Waals surface area contributed by atoms with E-state index in [9.17, 15) is 9.18 Å². The number of carbonyl (C=O) groups excluding carboxylic acids is 1. The summed E-state index contributed by atoms with van der Waals surface area (Å²) in [5, 5.41) is 0. The van der Waals surface area contributed by atoms with Crippen LogP contribution in [-0.2, 0) is 10.2 Å². The Morgan fingerprint density at radius 3 is 2.29 bits per heavy atom. The van der Waals surface area contributed by atoms with Crippen LogP contribution in [-0.4, -0.2) is 5.91 Å². The van der Waals surface area contributed by atoms with E-state index in [4.69, 9.17) is 5.73 Å². The van der Waals surface area contributed by atoms with E-state index in [0.29, 0.717) is 5.56 Å². The van der Waals surface area contributed by atoms with Gasteiger partial charge in [-0.1, -0.05) is 18.2 Å². The lowest BCUT2D eigenvalue weighted by Crippen LogP contribution is -2.36. The van der Waals surface area contributed by atoms with Gasteiger partial charge in [0, 0.05) is 5.56 Å². The van der Waals surface area contributed by atoms with Gasteiger partial charge >= 0.3 is 0 Å². The fourth-order valence-corrected chi connectivity index (χ4v) is 1.10. The summed E-state index contributed by atoms with van der Waals surface area (Å²) in [4.78, 5) is 11.0. The van der Waals surface area contributed by atoms with Crippen molar-refractivity contribution < 1.29 is 9.18 Å². The van der Waals surface area contributed by atoms with Crippen molar-refractivity contribution in [3.63, 3.8) is 0 Å². The van der Waals surface area contributed by atoms with Crippen molar-refractivity contribution in [3.05, 3.63) is 35.6 Å². The van der Waals surface area contributed by atoms with Gasteiger partial charge in [0.1, 0.15) is 5.82 Å². The number of amides is 1. The third-order valence-corrected chi connectivity index (χ3v) is 2.16. The highest BCUT2D eigenvalue weighted by Crippen LogP contribution is 2.24. The van der Waals surface area contributed by atoms with Gasteiger partial charge in [-0.2, -0.15) is 0 Å². The minimum absolute atomic E-state index is 0. The van der Waals surface area contributed by atoms with Crippen LogP contribution < -0.4 is 5.73 Å². The highest BCUT2D eigenvalue weighted by atomic mass is 35.5. The molecule has 0 aliphatic heterocycles. The Morgan fingerprint density at radius 1 is 1.36 bits per heavy atom. The predicted molar refractivity (Wildman–Crippen MR) is 55.9 cm³/mol. The third-order valence-electron chi connectivity index (χ3n) is 2.16. The van der Waals surface area contributed by atoms with Gasteiger partial charge in [0.25, 0.3) is 0 Å². The average Bonchev–Trinajstić information content (AvgIpc) is 2.04. The summed E-state index contributed by atoms with van der Waals surface area (Å²) in [6.45, 7) is 3.21. The highest BCUT2D eigenvalue weighted by Gasteiger charge is 2.29. The summed E-state index contributed by atoms with van der Waals surface area (Å²) >= 11 is 0. The first-order valence-electron chi connectivity index (χ1n) is 4.01. The van der Waals surface area contributed by atoms with Crippen LogP contribution in [0.2, 0.25) is 0 Å². The Morgan fingerprint density at radius 2 is 1.86 bits per heavy atom. The minimum atomic E-state index is -0.953. The average molecular weight is 218 g/mol. The first-order chi connectivity index (χ1) is 5.96. The molecule has 0 aliphatic rings. The number of nitrogens with two attached hydrogens (primary N) is 1. The van der Waals surface area contributed by atoms with E-state index >= 15 is 0 Å². The molecular weight excluding hydrogens is 205 g/mol. The van der Waals surface area contributed by atoms with Crippen LogP contribution in [0.4, 0.5) is 4.39 Å². The Hall–Kier alpha value is -1.09. The van der Waals surface area contributed by atoms with Crippen LogP contribution in [0.1, 0.15) is 19.4 Å². The third kappa shape index (κ3) is 2.23. The van der Waals surface area contributed by atoms with Crippen molar-refractivity contribution in [1.29, 1.82) is 0 Å². The molecule has 2 N–H and O–H groups in total. The summed E-state index contributed by atoms with van der Waals surface area (Å²) in [5.41, 5.74) is 4.55. The van der Waals surface area contributed by atoms with Gasteiger partial charge in [0.05, 0.1) is 5.41 Å². The van der Waals surface area contributed by atoms with Crippen molar-refractivity contribution in [2.24, 2.45) is 5.73 Å². The molecule has 1 amide bonds. The summed E-state index contributed by atoms with van der Waals surface area (Å²) in [6, 6.07) is 6.15. The van der Waals surface area contributed by atoms with Crippen molar-refractivity contribution in [2.75, 3.05) is 0 Å². The molecule has 4 heteroatoms. The number of rotatable bonds is 2. The molecule has 0 bridgehead atoms. The van der Waals surface area contributed by atoms with Crippen LogP contribution in [0.3, 0.4) is 0 Å². The lowest BCUT2D eigenvalue weighted by molar-refractivity contribution is -0.122. The zero-order valence-corrected chi connectivity index (χ0v) is 8.90. The van der Waals surface area contributed by atoms with Crippen LogP contribution in [0.25, 0.3) is 0 Å². The Balaban J connectivity index is 0.00000169. The number of benzene rings is 1. The lowest BCUT2D eigenvalue weighted by Gasteiger charge is -2.21. The summed E-state index contributed by atoms with van der Waals surface area (Å²) in [6.07, 6.45) is 0. The lowest BCUT2D eigenvalue weighted by atomic mass is 9.84. The standard InChI is InChI=1S/C10H12FNO.ClH/c1-10(2,9(12)13)7-5-3-4-6-8(7)11;/h3-6H,1-2H3,(H2,12,13);1H. The molecule has 0 unspecified atom stereocenters. The second kappa shape index (κ2) is 4.42. The van der Waals surface area contributed by atoms with Crippen LogP contribution in [0, 0.1) is 5.82 Å². The molecule has 1 rings (SSSR count). The number of carbonyl (C=O) groups is 1. The SMILES string of the molecule is CC(C)(C(N)=O)c1ccccc1F.Cl. The van der Waals surface area contributed by atoms with Gasteiger partial charge < -0.3 is 5.73 Å². The molecule has 1 aromatic rings. The van der Waals surface area contributed by atoms with Gasteiger partial charge in [0.15, 0.2) is 0 Å². The molecule has 0 radical (unpaired) electrons. The maximum atomic E-state index is 13.2.